The van der Waals surface area contributed by atoms with Crippen molar-refractivity contribution in [3.63, 3.8) is 0 Å². The summed E-state index contributed by atoms with van der Waals surface area (Å²) in [5.41, 5.74) is 0.919. The summed E-state index contributed by atoms with van der Waals surface area (Å²) in [5, 5.41) is 0. The molecule has 0 saturated carbocycles. The number of esters is 1. The molecule has 0 aliphatic heterocycles. The SMILES string of the molecule is CCC[C@@H](C(=O)OCC)N(CCCI)C(=O)OCc1ccccc1. The van der Waals surface area contributed by atoms with Gasteiger partial charge in [0.2, 0.25) is 0 Å². The third-order valence-electron chi connectivity index (χ3n) is 3.47. The van der Waals surface area contributed by atoms with E-state index in [0.29, 0.717) is 19.6 Å². The molecule has 134 valence electrons. The molecule has 1 amide bonds. The van der Waals surface area contributed by atoms with Gasteiger partial charge in [0, 0.05) is 11.0 Å². The van der Waals surface area contributed by atoms with Gasteiger partial charge in [0.25, 0.3) is 0 Å². The minimum Gasteiger partial charge on any atom is -0.464 e. The maximum absolute atomic E-state index is 12.5. The van der Waals surface area contributed by atoms with E-state index in [-0.39, 0.29) is 12.6 Å². The van der Waals surface area contributed by atoms with Gasteiger partial charge in [0.05, 0.1) is 6.61 Å². The van der Waals surface area contributed by atoms with Gasteiger partial charge < -0.3 is 9.47 Å². The van der Waals surface area contributed by atoms with Crippen molar-refractivity contribution in [2.24, 2.45) is 0 Å². The van der Waals surface area contributed by atoms with Crippen molar-refractivity contribution < 1.29 is 19.1 Å². The van der Waals surface area contributed by atoms with Crippen LogP contribution in [0, 0.1) is 0 Å². The Balaban J connectivity index is 2.79. The zero-order chi connectivity index (χ0) is 17.8. The van der Waals surface area contributed by atoms with Crippen LogP contribution >= 0.6 is 22.6 Å². The molecular formula is C18H26INO4. The third-order valence-corrected chi connectivity index (χ3v) is 4.23. The second-order valence-electron chi connectivity index (χ2n) is 5.33. The number of alkyl halides is 1. The van der Waals surface area contributed by atoms with E-state index < -0.39 is 12.1 Å². The number of halogens is 1. The topological polar surface area (TPSA) is 55.8 Å². The summed E-state index contributed by atoms with van der Waals surface area (Å²) in [5.74, 6) is -0.357. The monoisotopic (exact) mass is 447 g/mol. The molecule has 1 aromatic carbocycles. The highest BCUT2D eigenvalue weighted by Crippen LogP contribution is 2.14. The van der Waals surface area contributed by atoms with Crippen molar-refractivity contribution in [2.75, 3.05) is 17.6 Å². The molecule has 6 heteroatoms. The van der Waals surface area contributed by atoms with Crippen molar-refractivity contribution in [1.29, 1.82) is 0 Å². The zero-order valence-corrected chi connectivity index (χ0v) is 16.5. The standard InChI is InChI=1S/C18H26INO4/c1-3-9-16(17(21)23-4-2)20(13-8-12-19)18(22)24-14-15-10-6-5-7-11-15/h5-7,10-11,16H,3-4,8-9,12-14H2,1-2H3/t16-/m0/s1. The van der Waals surface area contributed by atoms with Crippen LogP contribution in [0.3, 0.4) is 0 Å². The maximum atomic E-state index is 12.5. The molecule has 0 N–H and O–H groups in total. The Bertz CT molecular complexity index is 495. The molecule has 0 aliphatic rings. The Morgan fingerprint density at radius 2 is 1.88 bits per heavy atom. The normalized spacial score (nSPS) is 11.6. The van der Waals surface area contributed by atoms with Gasteiger partial charge in [-0.05, 0) is 25.3 Å². The lowest BCUT2D eigenvalue weighted by Gasteiger charge is -2.29. The van der Waals surface area contributed by atoms with Crippen molar-refractivity contribution >= 4 is 34.7 Å². The number of rotatable bonds is 10. The van der Waals surface area contributed by atoms with Gasteiger partial charge in [-0.15, -0.1) is 0 Å². The Labute approximate surface area is 157 Å². The van der Waals surface area contributed by atoms with Gasteiger partial charge >= 0.3 is 12.1 Å². The van der Waals surface area contributed by atoms with Crippen molar-refractivity contribution in [1.82, 2.24) is 4.90 Å². The summed E-state index contributed by atoms with van der Waals surface area (Å²) in [6, 6.07) is 8.93. The molecule has 0 radical (unpaired) electrons. The number of hydrogen-bond acceptors (Lipinski definition) is 4. The number of ether oxygens (including phenoxy) is 2. The summed E-state index contributed by atoms with van der Waals surface area (Å²) in [7, 11) is 0. The lowest BCUT2D eigenvalue weighted by molar-refractivity contribution is -0.149. The number of amides is 1. The molecule has 0 spiro atoms. The van der Waals surface area contributed by atoms with Gasteiger partial charge in [-0.1, -0.05) is 66.3 Å². The largest absolute Gasteiger partial charge is 0.464 e. The van der Waals surface area contributed by atoms with E-state index in [0.717, 1.165) is 22.8 Å². The van der Waals surface area contributed by atoms with Gasteiger partial charge in [0.15, 0.2) is 0 Å². The highest BCUT2D eigenvalue weighted by Gasteiger charge is 2.31. The molecule has 1 rings (SSSR count). The third kappa shape index (κ3) is 7.07. The second kappa shape index (κ2) is 12.1. The molecule has 0 heterocycles. The fourth-order valence-electron chi connectivity index (χ4n) is 2.32. The van der Waals surface area contributed by atoms with Crippen LogP contribution < -0.4 is 0 Å². The van der Waals surface area contributed by atoms with Gasteiger partial charge in [-0.3, -0.25) is 4.90 Å². The summed E-state index contributed by atoms with van der Waals surface area (Å²) in [4.78, 5) is 26.3. The first kappa shape index (κ1) is 20.7. The Hall–Kier alpha value is -1.31. The van der Waals surface area contributed by atoms with Crippen LogP contribution in [0.25, 0.3) is 0 Å². The van der Waals surface area contributed by atoms with Crippen molar-refractivity contribution in [2.45, 2.75) is 45.8 Å². The lowest BCUT2D eigenvalue weighted by Crippen LogP contribution is -2.46. The van der Waals surface area contributed by atoms with E-state index in [1.807, 2.05) is 37.3 Å². The van der Waals surface area contributed by atoms with Crippen molar-refractivity contribution in [3.8, 4) is 0 Å². The quantitative estimate of drug-likeness (QED) is 0.307. The van der Waals surface area contributed by atoms with Crippen LogP contribution in [0.4, 0.5) is 4.79 Å². The van der Waals surface area contributed by atoms with Crippen LogP contribution in [0.1, 0.15) is 38.7 Å². The number of hydrogen-bond donors (Lipinski definition) is 0. The molecule has 1 atom stereocenters. The maximum Gasteiger partial charge on any atom is 0.410 e. The summed E-state index contributed by atoms with van der Waals surface area (Å²) >= 11 is 2.26. The number of carbonyl (C=O) groups is 2. The van der Waals surface area contributed by atoms with E-state index in [1.165, 1.54) is 4.90 Å². The average Bonchev–Trinajstić information content (AvgIpc) is 2.60. The minimum atomic E-state index is -0.582. The van der Waals surface area contributed by atoms with Crippen molar-refractivity contribution in [3.05, 3.63) is 35.9 Å². The first-order chi connectivity index (χ1) is 11.6. The molecule has 0 saturated heterocycles. The Morgan fingerprint density at radius 1 is 1.17 bits per heavy atom. The highest BCUT2D eigenvalue weighted by atomic mass is 127. The van der Waals surface area contributed by atoms with E-state index in [1.54, 1.807) is 6.92 Å². The molecule has 0 bridgehead atoms. The number of carbonyl (C=O) groups excluding carboxylic acids is 2. The number of nitrogens with zero attached hydrogens (tertiary/aromatic N) is 1. The van der Waals surface area contributed by atoms with Crippen LogP contribution in [-0.2, 0) is 20.9 Å². The van der Waals surface area contributed by atoms with Crippen LogP contribution in [0.15, 0.2) is 30.3 Å². The molecular weight excluding hydrogens is 421 g/mol. The molecule has 5 nitrogen and oxygen atoms in total. The highest BCUT2D eigenvalue weighted by molar-refractivity contribution is 14.1. The van der Waals surface area contributed by atoms with Gasteiger partial charge in [-0.25, -0.2) is 9.59 Å². The van der Waals surface area contributed by atoms with Crippen LogP contribution in [0.2, 0.25) is 0 Å². The fraction of sp³-hybridized carbons (Fsp3) is 0.556. The molecule has 0 unspecified atom stereocenters. The van der Waals surface area contributed by atoms with E-state index in [9.17, 15) is 9.59 Å². The minimum absolute atomic E-state index is 0.197. The van der Waals surface area contributed by atoms with Crippen LogP contribution in [-0.4, -0.2) is 40.6 Å². The lowest BCUT2D eigenvalue weighted by atomic mass is 10.1. The fourth-order valence-corrected chi connectivity index (χ4v) is 2.66. The summed E-state index contributed by atoms with van der Waals surface area (Å²) in [6.45, 7) is 4.74. The first-order valence-corrected chi connectivity index (χ1v) is 9.86. The van der Waals surface area contributed by atoms with E-state index in [4.69, 9.17) is 9.47 Å². The molecule has 0 aliphatic carbocycles. The average molecular weight is 447 g/mol. The second-order valence-corrected chi connectivity index (χ2v) is 6.41. The number of benzene rings is 1. The predicted octanol–water partition coefficient (Wildman–Crippen LogP) is 4.18. The van der Waals surface area contributed by atoms with Gasteiger partial charge in [0.1, 0.15) is 12.6 Å². The zero-order valence-electron chi connectivity index (χ0n) is 14.4. The summed E-state index contributed by atoms with van der Waals surface area (Å²) < 4.78 is 11.5. The van der Waals surface area contributed by atoms with Gasteiger partial charge in [-0.2, -0.15) is 0 Å². The molecule has 24 heavy (non-hydrogen) atoms. The molecule has 1 aromatic rings. The summed E-state index contributed by atoms with van der Waals surface area (Å²) in [6.07, 6.45) is 1.70. The molecule has 0 aromatic heterocycles. The molecule has 0 fully saturated rings. The van der Waals surface area contributed by atoms with E-state index in [2.05, 4.69) is 22.6 Å². The predicted molar refractivity (Wildman–Crippen MR) is 102 cm³/mol. The Morgan fingerprint density at radius 3 is 2.46 bits per heavy atom. The first-order valence-electron chi connectivity index (χ1n) is 8.33. The smallest absolute Gasteiger partial charge is 0.410 e. The Kier molecular flexibility index (Phi) is 10.5. The van der Waals surface area contributed by atoms with Crippen LogP contribution in [0.5, 0.6) is 0 Å². The van der Waals surface area contributed by atoms with E-state index >= 15 is 0 Å².